The van der Waals surface area contributed by atoms with Gasteiger partial charge in [0.2, 0.25) is 0 Å². The molecule has 0 radical (unpaired) electrons. The first-order chi connectivity index (χ1) is 7.02. The SMILES string of the molecule is COC(=O)C(C)(C)CC(C)C(C)C(F)(F)F. The van der Waals surface area contributed by atoms with Crippen LogP contribution < -0.4 is 0 Å². The molecule has 0 aliphatic carbocycles. The lowest BCUT2D eigenvalue weighted by Crippen LogP contribution is -2.33. The molecule has 0 fully saturated rings. The van der Waals surface area contributed by atoms with Crippen molar-refractivity contribution in [2.45, 2.75) is 40.3 Å². The number of esters is 1. The van der Waals surface area contributed by atoms with Gasteiger partial charge in [-0.1, -0.05) is 13.8 Å². The average Bonchev–Trinajstić information content (AvgIpc) is 2.12. The number of methoxy groups -OCH3 is 1. The van der Waals surface area contributed by atoms with Crippen LogP contribution in [-0.4, -0.2) is 19.3 Å². The van der Waals surface area contributed by atoms with E-state index in [1.54, 1.807) is 13.8 Å². The van der Waals surface area contributed by atoms with Gasteiger partial charge in [-0.2, -0.15) is 13.2 Å². The Kier molecular flexibility index (Phi) is 4.83. The Bertz CT molecular complexity index is 246. The molecule has 0 saturated carbocycles. The number of hydrogen-bond acceptors (Lipinski definition) is 2. The molecule has 0 spiro atoms. The van der Waals surface area contributed by atoms with Gasteiger partial charge in [0.25, 0.3) is 0 Å². The molecule has 0 bridgehead atoms. The average molecular weight is 240 g/mol. The highest BCUT2D eigenvalue weighted by molar-refractivity contribution is 5.75. The molecule has 0 N–H and O–H groups in total. The molecule has 2 atom stereocenters. The molecule has 0 aromatic carbocycles. The zero-order valence-corrected chi connectivity index (χ0v) is 10.3. The van der Waals surface area contributed by atoms with Crippen molar-refractivity contribution >= 4 is 5.97 Å². The molecule has 2 unspecified atom stereocenters. The van der Waals surface area contributed by atoms with Crippen LogP contribution in [0.4, 0.5) is 13.2 Å². The Morgan fingerprint density at radius 2 is 1.69 bits per heavy atom. The van der Waals surface area contributed by atoms with Crippen LogP contribution in [0.2, 0.25) is 0 Å². The third kappa shape index (κ3) is 4.02. The summed E-state index contributed by atoms with van der Waals surface area (Å²) in [5.74, 6) is -2.51. The van der Waals surface area contributed by atoms with Crippen molar-refractivity contribution in [3.8, 4) is 0 Å². The maximum absolute atomic E-state index is 12.4. The van der Waals surface area contributed by atoms with Crippen LogP contribution in [0.5, 0.6) is 0 Å². The van der Waals surface area contributed by atoms with Crippen LogP contribution in [-0.2, 0) is 9.53 Å². The Hall–Kier alpha value is -0.740. The Balaban J connectivity index is 4.56. The molecule has 96 valence electrons. The summed E-state index contributed by atoms with van der Waals surface area (Å²) in [6, 6.07) is 0. The van der Waals surface area contributed by atoms with Gasteiger partial charge in [-0.15, -0.1) is 0 Å². The zero-order valence-electron chi connectivity index (χ0n) is 10.3. The van der Waals surface area contributed by atoms with E-state index in [1.807, 2.05) is 0 Å². The topological polar surface area (TPSA) is 26.3 Å². The van der Waals surface area contributed by atoms with Gasteiger partial charge in [0.1, 0.15) is 0 Å². The molecule has 0 aliphatic heterocycles. The molecular formula is C11H19F3O2. The maximum Gasteiger partial charge on any atom is 0.391 e. The fraction of sp³-hybridized carbons (Fsp3) is 0.909. The molecule has 0 saturated heterocycles. The highest BCUT2D eigenvalue weighted by atomic mass is 19.4. The van der Waals surface area contributed by atoms with E-state index in [4.69, 9.17) is 0 Å². The van der Waals surface area contributed by atoms with E-state index in [-0.39, 0.29) is 6.42 Å². The zero-order chi connectivity index (χ0) is 13.1. The quantitative estimate of drug-likeness (QED) is 0.704. The van der Waals surface area contributed by atoms with Crippen molar-refractivity contribution in [1.29, 1.82) is 0 Å². The van der Waals surface area contributed by atoms with E-state index in [0.29, 0.717) is 0 Å². The molecule has 0 heterocycles. The number of hydrogen-bond donors (Lipinski definition) is 0. The second-order valence-electron chi connectivity index (χ2n) is 4.89. The molecule has 2 nitrogen and oxygen atoms in total. The molecule has 16 heavy (non-hydrogen) atoms. The second-order valence-corrected chi connectivity index (χ2v) is 4.89. The summed E-state index contributed by atoms with van der Waals surface area (Å²) >= 11 is 0. The first-order valence-corrected chi connectivity index (χ1v) is 5.17. The van der Waals surface area contributed by atoms with Gasteiger partial charge in [0.15, 0.2) is 0 Å². The molecule has 0 aliphatic rings. The van der Waals surface area contributed by atoms with E-state index >= 15 is 0 Å². The van der Waals surface area contributed by atoms with Gasteiger partial charge in [0, 0.05) is 0 Å². The van der Waals surface area contributed by atoms with Crippen molar-refractivity contribution in [3.63, 3.8) is 0 Å². The summed E-state index contributed by atoms with van der Waals surface area (Å²) in [6.07, 6.45) is -4.06. The third-order valence-corrected chi connectivity index (χ3v) is 2.94. The van der Waals surface area contributed by atoms with E-state index in [0.717, 1.165) is 6.92 Å². The number of rotatable bonds is 4. The second kappa shape index (κ2) is 5.06. The number of alkyl halides is 3. The minimum absolute atomic E-state index is 0.153. The number of halogens is 3. The minimum atomic E-state index is -4.22. The Labute approximate surface area is 94.2 Å². The number of carbonyl (C=O) groups is 1. The normalized spacial score (nSPS) is 16.8. The van der Waals surface area contributed by atoms with E-state index in [1.165, 1.54) is 14.0 Å². The van der Waals surface area contributed by atoms with E-state index < -0.39 is 29.4 Å². The maximum atomic E-state index is 12.4. The van der Waals surface area contributed by atoms with Gasteiger partial charge in [-0.05, 0) is 26.2 Å². The standard InChI is InChI=1S/C11H19F3O2/c1-7(8(2)11(12,13)14)6-10(3,4)9(15)16-5/h7-8H,6H2,1-5H3. The van der Waals surface area contributed by atoms with Gasteiger partial charge in [-0.25, -0.2) is 0 Å². The van der Waals surface area contributed by atoms with Crippen LogP contribution in [0.15, 0.2) is 0 Å². The summed E-state index contributed by atoms with van der Waals surface area (Å²) in [5.41, 5.74) is -0.881. The summed E-state index contributed by atoms with van der Waals surface area (Å²) in [5, 5.41) is 0. The van der Waals surface area contributed by atoms with Crippen LogP contribution in [0.3, 0.4) is 0 Å². The van der Waals surface area contributed by atoms with Crippen molar-refractivity contribution < 1.29 is 22.7 Å². The van der Waals surface area contributed by atoms with Crippen molar-refractivity contribution in [2.24, 2.45) is 17.3 Å². The van der Waals surface area contributed by atoms with Crippen molar-refractivity contribution in [1.82, 2.24) is 0 Å². The molecule has 0 aromatic rings. The van der Waals surface area contributed by atoms with E-state index in [2.05, 4.69) is 4.74 Å². The molecule has 5 heteroatoms. The Morgan fingerprint density at radius 3 is 2.00 bits per heavy atom. The molecule has 0 aromatic heterocycles. The highest BCUT2D eigenvalue weighted by Gasteiger charge is 2.42. The van der Waals surface area contributed by atoms with Crippen LogP contribution in [0, 0.1) is 17.3 Å². The summed E-state index contributed by atoms with van der Waals surface area (Å²) in [4.78, 5) is 11.3. The van der Waals surface area contributed by atoms with E-state index in [9.17, 15) is 18.0 Å². The number of ether oxygens (including phenoxy) is 1. The van der Waals surface area contributed by atoms with Gasteiger partial charge in [0.05, 0.1) is 18.4 Å². The first-order valence-electron chi connectivity index (χ1n) is 5.17. The fourth-order valence-corrected chi connectivity index (χ4v) is 1.66. The largest absolute Gasteiger partial charge is 0.469 e. The molecule has 0 rings (SSSR count). The van der Waals surface area contributed by atoms with Crippen LogP contribution in [0.25, 0.3) is 0 Å². The van der Waals surface area contributed by atoms with Crippen LogP contribution >= 0.6 is 0 Å². The third-order valence-electron chi connectivity index (χ3n) is 2.94. The monoisotopic (exact) mass is 240 g/mol. The van der Waals surface area contributed by atoms with Gasteiger partial charge < -0.3 is 4.74 Å². The van der Waals surface area contributed by atoms with Crippen molar-refractivity contribution in [3.05, 3.63) is 0 Å². The lowest BCUT2D eigenvalue weighted by molar-refractivity contribution is -0.186. The minimum Gasteiger partial charge on any atom is -0.469 e. The lowest BCUT2D eigenvalue weighted by Gasteiger charge is -2.29. The Morgan fingerprint density at radius 1 is 1.25 bits per heavy atom. The summed E-state index contributed by atoms with van der Waals surface area (Å²) in [7, 11) is 1.24. The lowest BCUT2D eigenvalue weighted by atomic mass is 9.78. The summed E-state index contributed by atoms with van der Waals surface area (Å²) < 4.78 is 41.9. The van der Waals surface area contributed by atoms with Gasteiger partial charge in [-0.3, -0.25) is 4.79 Å². The number of carbonyl (C=O) groups excluding carboxylic acids is 1. The predicted octanol–water partition coefficient (Wildman–Crippen LogP) is 3.41. The first kappa shape index (κ1) is 15.3. The van der Waals surface area contributed by atoms with Crippen LogP contribution in [0.1, 0.15) is 34.1 Å². The highest BCUT2D eigenvalue weighted by Crippen LogP contribution is 2.37. The molecule has 0 amide bonds. The van der Waals surface area contributed by atoms with Gasteiger partial charge >= 0.3 is 12.1 Å². The smallest absolute Gasteiger partial charge is 0.391 e. The fourth-order valence-electron chi connectivity index (χ4n) is 1.66. The molecular weight excluding hydrogens is 221 g/mol. The predicted molar refractivity (Wildman–Crippen MR) is 54.8 cm³/mol. The summed E-state index contributed by atoms with van der Waals surface area (Å²) in [6.45, 7) is 5.83. The van der Waals surface area contributed by atoms with Crippen molar-refractivity contribution in [2.75, 3.05) is 7.11 Å².